The highest BCUT2D eigenvalue weighted by Gasteiger charge is 2.61. The number of amides is 4. The van der Waals surface area contributed by atoms with Crippen LogP contribution >= 0.6 is 0 Å². The molecule has 0 bridgehead atoms. The number of aliphatic carboxylic acids is 1. The Kier molecular flexibility index (Phi) is 11.0. The van der Waals surface area contributed by atoms with Crippen LogP contribution in [0.25, 0.3) is 0 Å². The number of hydrogen-bond acceptors (Lipinski definition) is 5. The Morgan fingerprint density at radius 3 is 2.49 bits per heavy atom. The molecule has 1 aromatic carbocycles. The molecule has 1 aromatic rings. The molecule has 0 spiro atoms. The second-order valence-electron chi connectivity index (χ2n) is 11.2. The molecule has 1 saturated carbocycles. The number of unbranched alkanes of at least 4 members (excludes halogenated alkanes) is 3. The van der Waals surface area contributed by atoms with Crippen LogP contribution in [0.3, 0.4) is 0 Å². The highest BCUT2D eigenvalue weighted by atomic mass is 19.1. The van der Waals surface area contributed by atoms with E-state index in [1.165, 1.54) is 29.2 Å². The van der Waals surface area contributed by atoms with Gasteiger partial charge in [0.1, 0.15) is 17.4 Å². The molecule has 1 unspecified atom stereocenters. The van der Waals surface area contributed by atoms with Crippen molar-refractivity contribution in [2.75, 3.05) is 13.1 Å². The highest BCUT2D eigenvalue weighted by molar-refractivity contribution is 6.02. The van der Waals surface area contributed by atoms with Gasteiger partial charge in [-0.3, -0.25) is 14.4 Å². The number of ketones is 1. The van der Waals surface area contributed by atoms with Crippen molar-refractivity contribution >= 4 is 29.6 Å². The minimum Gasteiger partial charge on any atom is -0.479 e. The molecule has 41 heavy (non-hydrogen) atoms. The predicted octanol–water partition coefficient (Wildman–Crippen LogP) is 3.42. The van der Waals surface area contributed by atoms with Crippen LogP contribution in [0.5, 0.6) is 0 Å². The van der Waals surface area contributed by atoms with Gasteiger partial charge in [-0.15, -0.1) is 0 Å². The summed E-state index contributed by atoms with van der Waals surface area (Å²) in [6, 6.07) is 2.55. The fraction of sp³-hybridized carbons (Fsp3) is 0.567. The van der Waals surface area contributed by atoms with Crippen LogP contribution in [0.2, 0.25) is 0 Å². The fourth-order valence-corrected chi connectivity index (χ4v) is 5.16. The number of Topliss-reactive ketones (excluding diaryl/α,β-unsaturated/α-hetero) is 1. The zero-order valence-corrected chi connectivity index (χ0v) is 24.0. The molecule has 1 heterocycles. The molecule has 1 saturated heterocycles. The van der Waals surface area contributed by atoms with Crippen LogP contribution in [0.1, 0.15) is 76.1 Å². The first-order valence-electron chi connectivity index (χ1n) is 14.4. The Morgan fingerprint density at radius 2 is 1.85 bits per heavy atom. The van der Waals surface area contributed by atoms with Gasteiger partial charge in [0.05, 0.1) is 12.6 Å². The van der Waals surface area contributed by atoms with Gasteiger partial charge in [-0.2, -0.15) is 0 Å². The van der Waals surface area contributed by atoms with Crippen molar-refractivity contribution in [1.29, 1.82) is 0 Å². The van der Waals surface area contributed by atoms with E-state index in [1.54, 1.807) is 13.8 Å². The highest BCUT2D eigenvalue weighted by Crippen LogP contribution is 2.45. The molecule has 1 aliphatic heterocycles. The number of nitrogens with zero attached hydrogens (tertiary/aromatic N) is 1. The molecule has 4 atom stereocenters. The Morgan fingerprint density at radius 1 is 1.15 bits per heavy atom. The minimum absolute atomic E-state index is 0.247. The second-order valence-corrected chi connectivity index (χ2v) is 11.2. The summed E-state index contributed by atoms with van der Waals surface area (Å²) in [5.74, 6) is -3.55. The summed E-state index contributed by atoms with van der Waals surface area (Å²) in [5, 5.41) is 17.6. The number of carboxylic acids is 1. The molecule has 2 fully saturated rings. The van der Waals surface area contributed by atoms with E-state index < -0.39 is 53.8 Å². The normalized spacial score (nSPS) is 22.4. The number of rotatable bonds is 14. The number of halogens is 1. The third kappa shape index (κ3) is 8.14. The number of carboxylic acid groups (broad SMARTS) is 1. The molecular weight excluding hydrogens is 531 g/mol. The van der Waals surface area contributed by atoms with E-state index in [1.807, 2.05) is 12.2 Å². The first-order valence-corrected chi connectivity index (χ1v) is 14.4. The largest absolute Gasteiger partial charge is 0.479 e. The SMILES string of the molecule is CCCCC/C=C\C1C[C@]1(NC(=O)[C@@H]1CCCN1C(=O)CNC(=O)N[C@H](C(=O)c1ccc(F)cc1)C(C)C)C(=O)O. The molecule has 0 radical (unpaired) electrons. The zero-order chi connectivity index (χ0) is 30.2. The zero-order valence-electron chi connectivity index (χ0n) is 24.0. The third-order valence-corrected chi connectivity index (χ3v) is 7.73. The number of hydrogen-bond donors (Lipinski definition) is 4. The van der Waals surface area contributed by atoms with E-state index in [0.717, 1.165) is 25.7 Å². The standard InChI is InChI=1S/C30H41FN4O6/c1-4-5-6-7-8-10-21-17-30(21,28(39)40)34-27(38)23-11-9-16-35(23)24(36)18-32-29(41)33-25(19(2)3)26(37)20-12-14-22(31)15-13-20/h8,10,12-15,19,21,23,25H,4-7,9,11,16-18H2,1-3H3,(H,34,38)(H,39,40)(H2,32,33,41)/b10-8-/t21?,23-,25-,30+/m0/s1. The molecule has 2 aliphatic rings. The number of urea groups is 1. The molecule has 3 rings (SSSR count). The first-order chi connectivity index (χ1) is 19.5. The van der Waals surface area contributed by atoms with Crippen molar-refractivity contribution in [3.05, 3.63) is 47.8 Å². The summed E-state index contributed by atoms with van der Waals surface area (Å²) in [7, 11) is 0. The molecule has 1 aliphatic carbocycles. The Bertz CT molecular complexity index is 1150. The average Bonchev–Trinajstić information content (AvgIpc) is 3.40. The Hall–Kier alpha value is -3.76. The van der Waals surface area contributed by atoms with Crippen molar-refractivity contribution in [3.63, 3.8) is 0 Å². The summed E-state index contributed by atoms with van der Waals surface area (Å²) in [4.78, 5) is 64.9. The first kappa shape index (κ1) is 31.8. The maximum absolute atomic E-state index is 13.2. The van der Waals surface area contributed by atoms with Crippen molar-refractivity contribution in [2.24, 2.45) is 11.8 Å². The lowest BCUT2D eigenvalue weighted by atomic mass is 9.95. The fourth-order valence-electron chi connectivity index (χ4n) is 5.16. The summed E-state index contributed by atoms with van der Waals surface area (Å²) >= 11 is 0. The number of likely N-dealkylation sites (tertiary alicyclic amines) is 1. The summed E-state index contributed by atoms with van der Waals surface area (Å²) in [6.45, 7) is 5.51. The van der Waals surface area contributed by atoms with E-state index in [-0.39, 0.29) is 23.2 Å². The van der Waals surface area contributed by atoms with Crippen molar-refractivity contribution < 1.29 is 33.5 Å². The van der Waals surface area contributed by atoms with Gasteiger partial charge in [-0.05, 0) is 62.3 Å². The molecule has 11 heteroatoms. The van der Waals surface area contributed by atoms with Crippen molar-refractivity contribution in [1.82, 2.24) is 20.9 Å². The average molecular weight is 573 g/mol. The topological polar surface area (TPSA) is 145 Å². The number of nitrogens with one attached hydrogen (secondary N) is 3. The van der Waals surface area contributed by atoms with Crippen LogP contribution in [-0.2, 0) is 14.4 Å². The van der Waals surface area contributed by atoms with Gasteiger partial charge in [0.2, 0.25) is 11.8 Å². The maximum Gasteiger partial charge on any atom is 0.330 e. The van der Waals surface area contributed by atoms with E-state index >= 15 is 0 Å². The molecule has 0 aromatic heterocycles. The molecular formula is C30H41FN4O6. The van der Waals surface area contributed by atoms with Crippen LogP contribution < -0.4 is 16.0 Å². The number of carbonyl (C=O) groups excluding carboxylic acids is 4. The third-order valence-electron chi connectivity index (χ3n) is 7.73. The lowest BCUT2D eigenvalue weighted by Gasteiger charge is -2.26. The van der Waals surface area contributed by atoms with Gasteiger partial charge in [-0.25, -0.2) is 14.0 Å². The summed E-state index contributed by atoms with van der Waals surface area (Å²) in [5.41, 5.74) is -1.12. The number of carbonyl (C=O) groups is 5. The van der Waals surface area contributed by atoms with Gasteiger partial charge in [0.15, 0.2) is 5.78 Å². The van der Waals surface area contributed by atoms with E-state index in [0.29, 0.717) is 25.8 Å². The minimum atomic E-state index is -1.36. The lowest BCUT2D eigenvalue weighted by molar-refractivity contribution is -0.145. The van der Waals surface area contributed by atoms with Gasteiger partial charge >= 0.3 is 12.0 Å². The van der Waals surface area contributed by atoms with Crippen LogP contribution in [-0.4, -0.2) is 70.3 Å². The number of benzene rings is 1. The predicted molar refractivity (Wildman–Crippen MR) is 151 cm³/mol. The van der Waals surface area contributed by atoms with E-state index in [4.69, 9.17) is 0 Å². The Labute approximate surface area is 240 Å². The van der Waals surface area contributed by atoms with Gasteiger partial charge in [0.25, 0.3) is 0 Å². The van der Waals surface area contributed by atoms with Crippen molar-refractivity contribution in [2.45, 2.75) is 83.3 Å². The van der Waals surface area contributed by atoms with Crippen LogP contribution in [0.4, 0.5) is 9.18 Å². The van der Waals surface area contributed by atoms with Gasteiger partial charge < -0.3 is 26.0 Å². The quantitative estimate of drug-likeness (QED) is 0.153. The second kappa shape index (κ2) is 14.2. The number of allylic oxidation sites excluding steroid dienone is 1. The summed E-state index contributed by atoms with van der Waals surface area (Å²) in [6.07, 6.45) is 9.16. The van der Waals surface area contributed by atoms with Crippen LogP contribution in [0.15, 0.2) is 36.4 Å². The lowest BCUT2D eigenvalue weighted by Crippen LogP contribution is -2.55. The van der Waals surface area contributed by atoms with Crippen LogP contribution in [0, 0.1) is 17.7 Å². The van der Waals surface area contributed by atoms with E-state index in [9.17, 15) is 33.5 Å². The smallest absolute Gasteiger partial charge is 0.330 e. The molecule has 10 nitrogen and oxygen atoms in total. The monoisotopic (exact) mass is 572 g/mol. The van der Waals surface area contributed by atoms with E-state index in [2.05, 4.69) is 22.9 Å². The maximum atomic E-state index is 13.2. The molecule has 4 amide bonds. The van der Waals surface area contributed by atoms with Gasteiger partial charge in [-0.1, -0.05) is 45.8 Å². The summed E-state index contributed by atoms with van der Waals surface area (Å²) < 4.78 is 13.2. The molecule has 4 N–H and O–H groups in total. The molecule has 224 valence electrons. The van der Waals surface area contributed by atoms with Gasteiger partial charge in [0, 0.05) is 18.0 Å². The van der Waals surface area contributed by atoms with Crippen molar-refractivity contribution in [3.8, 4) is 0 Å². The Balaban J connectivity index is 1.53.